The molecule has 0 bridgehead atoms. The van der Waals surface area contributed by atoms with Gasteiger partial charge in [-0.05, 0) is 12.1 Å². The highest BCUT2D eigenvalue weighted by Crippen LogP contribution is 2.19. The molecular weight excluding hydrogens is 335 g/mol. The first kappa shape index (κ1) is 17.0. The Morgan fingerprint density at radius 1 is 1.12 bits per heavy atom. The van der Waals surface area contributed by atoms with Crippen molar-refractivity contribution in [3.05, 3.63) is 62.2 Å². The van der Waals surface area contributed by atoms with E-state index < -0.39 is 58.4 Å². The number of carbonyl (C=O) groups excluding carboxylic acids is 2. The predicted molar refractivity (Wildman–Crippen MR) is 72.9 cm³/mol. The lowest BCUT2D eigenvalue weighted by Gasteiger charge is -2.08. The van der Waals surface area contributed by atoms with E-state index in [1.165, 1.54) is 0 Å². The monoisotopic (exact) mass is 343 g/mol. The van der Waals surface area contributed by atoms with Crippen LogP contribution in [0.1, 0.15) is 10.4 Å². The fourth-order valence-electron chi connectivity index (χ4n) is 1.58. The van der Waals surface area contributed by atoms with Crippen molar-refractivity contribution in [1.29, 1.82) is 0 Å². The number of benzene rings is 1. The highest BCUT2D eigenvalue weighted by Gasteiger charge is 2.17. The van der Waals surface area contributed by atoms with Crippen LogP contribution in [-0.2, 0) is 9.53 Å². The molecule has 8 nitrogen and oxygen atoms in total. The third kappa shape index (κ3) is 3.69. The minimum absolute atomic E-state index is 0.568. The van der Waals surface area contributed by atoms with Crippen LogP contribution in [0.4, 0.5) is 18.9 Å². The Balaban J connectivity index is 2.01. The standard InChI is InChI=1S/C13H8F3N3O5/c14-6-1-2-7(10(16)9(6)15)18-8(20)4-24-12(22)5-3-17-13(23)19-11(5)21/h1-3H,4H2,(H,18,20)(H2,17,19,21,23). The van der Waals surface area contributed by atoms with E-state index in [0.717, 1.165) is 12.3 Å². The first-order valence-corrected chi connectivity index (χ1v) is 6.22. The van der Waals surface area contributed by atoms with E-state index in [-0.39, 0.29) is 0 Å². The molecule has 0 saturated carbocycles. The number of halogens is 3. The van der Waals surface area contributed by atoms with Crippen molar-refractivity contribution in [3.63, 3.8) is 0 Å². The third-order valence-corrected chi connectivity index (χ3v) is 2.68. The molecule has 0 unspecified atom stereocenters. The molecule has 126 valence electrons. The zero-order valence-corrected chi connectivity index (χ0v) is 11.6. The van der Waals surface area contributed by atoms with E-state index in [1.807, 2.05) is 10.3 Å². The fraction of sp³-hybridized carbons (Fsp3) is 0.0769. The van der Waals surface area contributed by atoms with Crippen LogP contribution in [0.2, 0.25) is 0 Å². The van der Waals surface area contributed by atoms with Crippen LogP contribution in [0.3, 0.4) is 0 Å². The molecule has 0 aliphatic heterocycles. The molecule has 3 N–H and O–H groups in total. The molecule has 2 rings (SSSR count). The number of hydrogen-bond donors (Lipinski definition) is 3. The topological polar surface area (TPSA) is 121 Å². The van der Waals surface area contributed by atoms with Gasteiger partial charge in [0.25, 0.3) is 11.5 Å². The quantitative estimate of drug-likeness (QED) is 0.544. The third-order valence-electron chi connectivity index (χ3n) is 2.68. The Kier molecular flexibility index (Phi) is 4.82. The van der Waals surface area contributed by atoms with Crippen molar-refractivity contribution in [2.75, 3.05) is 11.9 Å². The molecule has 0 spiro atoms. The number of anilines is 1. The Morgan fingerprint density at radius 3 is 2.50 bits per heavy atom. The summed E-state index contributed by atoms with van der Waals surface area (Å²) >= 11 is 0. The van der Waals surface area contributed by atoms with Gasteiger partial charge in [0.1, 0.15) is 5.56 Å². The lowest BCUT2D eigenvalue weighted by molar-refractivity contribution is -0.119. The van der Waals surface area contributed by atoms with Crippen molar-refractivity contribution < 1.29 is 27.5 Å². The average molecular weight is 343 g/mol. The van der Waals surface area contributed by atoms with E-state index in [2.05, 4.69) is 4.74 Å². The second-order valence-electron chi connectivity index (χ2n) is 4.33. The number of nitrogens with one attached hydrogen (secondary N) is 3. The molecule has 0 aliphatic carbocycles. The summed E-state index contributed by atoms with van der Waals surface area (Å²) in [5.41, 5.74) is -3.10. The van der Waals surface area contributed by atoms with E-state index in [4.69, 9.17) is 0 Å². The fourth-order valence-corrected chi connectivity index (χ4v) is 1.58. The van der Waals surface area contributed by atoms with Gasteiger partial charge in [0, 0.05) is 6.20 Å². The van der Waals surface area contributed by atoms with Crippen molar-refractivity contribution in [2.45, 2.75) is 0 Å². The molecule has 0 aliphatic rings. The van der Waals surface area contributed by atoms with E-state index in [0.29, 0.717) is 6.07 Å². The number of esters is 1. The van der Waals surface area contributed by atoms with Gasteiger partial charge in [0.2, 0.25) is 0 Å². The number of aromatic amines is 2. The van der Waals surface area contributed by atoms with Crippen LogP contribution < -0.4 is 16.6 Å². The Hall–Kier alpha value is -3.37. The number of hydrogen-bond acceptors (Lipinski definition) is 5. The highest BCUT2D eigenvalue weighted by atomic mass is 19.2. The van der Waals surface area contributed by atoms with Crippen LogP contribution in [-0.4, -0.2) is 28.5 Å². The largest absolute Gasteiger partial charge is 0.452 e. The molecule has 1 aromatic heterocycles. The van der Waals surface area contributed by atoms with Crippen LogP contribution in [0.5, 0.6) is 0 Å². The normalized spacial score (nSPS) is 10.3. The maximum absolute atomic E-state index is 13.4. The van der Waals surface area contributed by atoms with E-state index in [9.17, 15) is 32.3 Å². The number of amides is 1. The van der Waals surface area contributed by atoms with Crippen molar-refractivity contribution in [2.24, 2.45) is 0 Å². The summed E-state index contributed by atoms with van der Waals surface area (Å²) in [7, 11) is 0. The minimum atomic E-state index is -1.77. The first-order chi connectivity index (χ1) is 11.3. The van der Waals surface area contributed by atoms with Crippen LogP contribution in [0.15, 0.2) is 27.9 Å². The number of H-pyrrole nitrogens is 2. The number of carbonyl (C=O) groups is 2. The van der Waals surface area contributed by atoms with Crippen molar-refractivity contribution >= 4 is 17.6 Å². The molecule has 0 atom stereocenters. The number of aromatic nitrogens is 2. The summed E-state index contributed by atoms with van der Waals surface area (Å²) in [6, 6.07) is 1.38. The number of rotatable bonds is 4. The van der Waals surface area contributed by atoms with Gasteiger partial charge in [0.15, 0.2) is 24.1 Å². The maximum Gasteiger partial charge on any atom is 0.345 e. The molecule has 0 saturated heterocycles. The molecular formula is C13H8F3N3O5. The molecule has 1 heterocycles. The molecule has 1 amide bonds. The summed E-state index contributed by atoms with van der Waals surface area (Å²) in [5, 5.41) is 1.87. The van der Waals surface area contributed by atoms with Crippen LogP contribution in [0, 0.1) is 17.5 Å². The first-order valence-electron chi connectivity index (χ1n) is 6.22. The lowest BCUT2D eigenvalue weighted by Crippen LogP contribution is -2.29. The second-order valence-corrected chi connectivity index (χ2v) is 4.33. The van der Waals surface area contributed by atoms with Gasteiger partial charge in [-0.25, -0.2) is 22.8 Å². The molecule has 1 aromatic carbocycles. The zero-order chi connectivity index (χ0) is 17.9. The van der Waals surface area contributed by atoms with Gasteiger partial charge in [0.05, 0.1) is 5.69 Å². The van der Waals surface area contributed by atoms with Gasteiger partial charge in [-0.15, -0.1) is 0 Å². The smallest absolute Gasteiger partial charge is 0.345 e. The zero-order valence-electron chi connectivity index (χ0n) is 11.6. The molecule has 2 aromatic rings. The highest BCUT2D eigenvalue weighted by molar-refractivity contribution is 5.95. The minimum Gasteiger partial charge on any atom is -0.452 e. The SMILES string of the molecule is O=C(COC(=O)c1c[nH]c(=O)[nH]c1=O)Nc1ccc(F)c(F)c1F. The molecule has 11 heteroatoms. The molecule has 24 heavy (non-hydrogen) atoms. The van der Waals surface area contributed by atoms with E-state index >= 15 is 0 Å². The van der Waals surface area contributed by atoms with Crippen molar-refractivity contribution in [3.8, 4) is 0 Å². The van der Waals surface area contributed by atoms with Crippen molar-refractivity contribution in [1.82, 2.24) is 9.97 Å². The second kappa shape index (κ2) is 6.81. The predicted octanol–water partition coefficient (Wildman–Crippen LogP) is 0.276. The van der Waals surface area contributed by atoms with Gasteiger partial charge in [-0.1, -0.05) is 0 Å². The summed E-state index contributed by atoms with van der Waals surface area (Å²) in [6.45, 7) is -0.935. The molecule has 0 fully saturated rings. The average Bonchev–Trinajstić information content (AvgIpc) is 2.53. The summed E-state index contributed by atoms with van der Waals surface area (Å²) in [5.74, 6) is -7.12. The van der Waals surface area contributed by atoms with Gasteiger partial charge < -0.3 is 15.0 Å². The molecule has 0 radical (unpaired) electrons. The summed E-state index contributed by atoms with van der Waals surface area (Å²) in [4.78, 5) is 49.0. The lowest BCUT2D eigenvalue weighted by atomic mass is 10.3. The maximum atomic E-state index is 13.4. The Morgan fingerprint density at radius 2 is 1.83 bits per heavy atom. The Labute approximate surface area is 130 Å². The number of ether oxygens (including phenoxy) is 1. The van der Waals surface area contributed by atoms with Gasteiger partial charge in [-0.3, -0.25) is 14.6 Å². The van der Waals surface area contributed by atoms with Gasteiger partial charge >= 0.3 is 11.7 Å². The van der Waals surface area contributed by atoms with Crippen LogP contribution >= 0.6 is 0 Å². The Bertz CT molecular complexity index is 922. The summed E-state index contributed by atoms with van der Waals surface area (Å²) in [6.07, 6.45) is 0.788. The summed E-state index contributed by atoms with van der Waals surface area (Å²) < 4.78 is 43.6. The van der Waals surface area contributed by atoms with E-state index in [1.54, 1.807) is 4.98 Å². The van der Waals surface area contributed by atoms with Crippen LogP contribution in [0.25, 0.3) is 0 Å². The van der Waals surface area contributed by atoms with Gasteiger partial charge in [-0.2, -0.15) is 0 Å².